The number of benzene rings is 1. The molecule has 6 nitrogen and oxygen atoms in total. The Balaban J connectivity index is 2.46. The van der Waals surface area contributed by atoms with Gasteiger partial charge in [0.05, 0.1) is 19.7 Å². The molecule has 0 aromatic heterocycles. The number of hydrogen-bond donors (Lipinski definition) is 2. The second kappa shape index (κ2) is 9.04. The lowest BCUT2D eigenvalue weighted by molar-refractivity contribution is -0.124. The number of hydrogen-bond acceptors (Lipinski definition) is 4. The smallest absolute Gasteiger partial charge is 0.234 e. The highest BCUT2D eigenvalue weighted by atomic mass is 19.1. The van der Waals surface area contributed by atoms with Crippen molar-refractivity contribution < 1.29 is 18.7 Å². The van der Waals surface area contributed by atoms with Gasteiger partial charge in [-0.05, 0) is 6.07 Å². The molecule has 0 heterocycles. The fourth-order valence-corrected chi connectivity index (χ4v) is 1.75. The second-order valence-electron chi connectivity index (χ2n) is 4.54. The number of methoxy groups -OCH3 is 1. The number of rotatable bonds is 9. The van der Waals surface area contributed by atoms with E-state index in [1.165, 1.54) is 13.2 Å². The Labute approximate surface area is 123 Å². The number of nitrogens with two attached hydrogens (primary N) is 1. The van der Waals surface area contributed by atoms with Gasteiger partial charge in [0.15, 0.2) is 0 Å². The van der Waals surface area contributed by atoms with E-state index in [0.29, 0.717) is 18.7 Å². The molecule has 7 heteroatoms. The molecule has 1 rings (SSSR count). The van der Waals surface area contributed by atoms with E-state index in [2.05, 4.69) is 5.32 Å². The maximum absolute atomic E-state index is 13.4. The van der Waals surface area contributed by atoms with Crippen LogP contribution in [0.3, 0.4) is 0 Å². The largest absolute Gasteiger partial charge is 0.383 e. The van der Waals surface area contributed by atoms with E-state index in [1.54, 1.807) is 23.1 Å². The van der Waals surface area contributed by atoms with Crippen molar-refractivity contribution in [1.82, 2.24) is 10.2 Å². The monoisotopic (exact) mass is 297 g/mol. The number of ether oxygens (including phenoxy) is 1. The summed E-state index contributed by atoms with van der Waals surface area (Å²) in [4.78, 5) is 24.3. The van der Waals surface area contributed by atoms with Gasteiger partial charge < -0.3 is 15.8 Å². The van der Waals surface area contributed by atoms with Gasteiger partial charge in [-0.3, -0.25) is 14.5 Å². The van der Waals surface area contributed by atoms with Crippen LogP contribution in [0, 0.1) is 5.82 Å². The summed E-state index contributed by atoms with van der Waals surface area (Å²) >= 11 is 0. The van der Waals surface area contributed by atoms with Crippen molar-refractivity contribution in [3.05, 3.63) is 35.6 Å². The van der Waals surface area contributed by atoms with Crippen molar-refractivity contribution in [2.75, 3.05) is 33.4 Å². The Morgan fingerprint density at radius 2 is 2.05 bits per heavy atom. The fraction of sp³-hybridized carbons (Fsp3) is 0.429. The van der Waals surface area contributed by atoms with Crippen molar-refractivity contribution in [3.8, 4) is 0 Å². The van der Waals surface area contributed by atoms with Crippen molar-refractivity contribution in [2.45, 2.75) is 6.54 Å². The first kappa shape index (κ1) is 17.1. The molecule has 3 N–H and O–H groups in total. The zero-order chi connectivity index (χ0) is 15.7. The summed E-state index contributed by atoms with van der Waals surface area (Å²) in [6, 6.07) is 6.21. The fourth-order valence-electron chi connectivity index (χ4n) is 1.75. The van der Waals surface area contributed by atoms with E-state index in [0.717, 1.165) is 0 Å². The van der Waals surface area contributed by atoms with Gasteiger partial charge in [-0.15, -0.1) is 0 Å². The highest BCUT2D eigenvalue weighted by Crippen LogP contribution is 2.05. The number of carbonyl (C=O) groups excluding carboxylic acids is 2. The van der Waals surface area contributed by atoms with Crippen molar-refractivity contribution >= 4 is 11.8 Å². The van der Waals surface area contributed by atoms with Crippen LogP contribution in [0.25, 0.3) is 0 Å². The zero-order valence-electron chi connectivity index (χ0n) is 12.0. The lowest BCUT2D eigenvalue weighted by Gasteiger charge is -2.19. The third-order valence-electron chi connectivity index (χ3n) is 2.79. The van der Waals surface area contributed by atoms with Gasteiger partial charge in [0.25, 0.3) is 0 Å². The first-order valence-electron chi connectivity index (χ1n) is 6.52. The van der Waals surface area contributed by atoms with Crippen LogP contribution in [0.1, 0.15) is 5.56 Å². The minimum absolute atomic E-state index is 0.000747. The van der Waals surface area contributed by atoms with Crippen LogP contribution >= 0.6 is 0 Å². The summed E-state index contributed by atoms with van der Waals surface area (Å²) in [5.41, 5.74) is 5.53. The van der Waals surface area contributed by atoms with Gasteiger partial charge in [-0.25, -0.2) is 4.39 Å². The molecule has 0 spiro atoms. The van der Waals surface area contributed by atoms with Crippen LogP contribution in [0.2, 0.25) is 0 Å². The maximum Gasteiger partial charge on any atom is 0.234 e. The molecule has 0 radical (unpaired) electrons. The van der Waals surface area contributed by atoms with E-state index >= 15 is 0 Å². The summed E-state index contributed by atoms with van der Waals surface area (Å²) in [5.74, 6) is -1.20. The molecule has 0 unspecified atom stereocenters. The number of halogens is 1. The number of carbonyl (C=O) groups is 2. The summed E-state index contributed by atoms with van der Waals surface area (Å²) < 4.78 is 18.3. The highest BCUT2D eigenvalue weighted by molar-refractivity contribution is 5.80. The SMILES string of the molecule is COCCN(CC(N)=O)CC(=O)NCc1ccccc1F. The van der Waals surface area contributed by atoms with Crippen LogP contribution in [-0.4, -0.2) is 50.1 Å². The third kappa shape index (κ3) is 6.82. The molecule has 0 saturated carbocycles. The lowest BCUT2D eigenvalue weighted by atomic mass is 10.2. The van der Waals surface area contributed by atoms with E-state index in [9.17, 15) is 14.0 Å². The Hall–Kier alpha value is -1.99. The normalized spacial score (nSPS) is 10.6. The van der Waals surface area contributed by atoms with Crippen LogP contribution < -0.4 is 11.1 Å². The second-order valence-corrected chi connectivity index (χ2v) is 4.54. The van der Waals surface area contributed by atoms with Gasteiger partial charge >= 0.3 is 0 Å². The number of amides is 2. The predicted molar refractivity (Wildman–Crippen MR) is 75.8 cm³/mol. The first-order chi connectivity index (χ1) is 10.0. The average Bonchev–Trinajstić information content (AvgIpc) is 2.43. The standard InChI is InChI=1S/C14H20FN3O3/c1-21-7-6-18(9-13(16)19)10-14(20)17-8-11-4-2-3-5-12(11)15/h2-5H,6-10H2,1H3,(H2,16,19)(H,17,20). The summed E-state index contributed by atoms with van der Waals surface area (Å²) in [6.45, 7) is 0.859. The molecule has 0 saturated heterocycles. The molecule has 0 bridgehead atoms. The Morgan fingerprint density at radius 3 is 2.67 bits per heavy atom. The summed E-state index contributed by atoms with van der Waals surface area (Å²) in [7, 11) is 1.53. The van der Waals surface area contributed by atoms with Crippen LogP contribution in [0.15, 0.2) is 24.3 Å². The zero-order valence-corrected chi connectivity index (χ0v) is 12.0. The number of nitrogens with zero attached hydrogens (tertiary/aromatic N) is 1. The third-order valence-corrected chi connectivity index (χ3v) is 2.79. The predicted octanol–water partition coefficient (Wildman–Crippen LogP) is -0.124. The molecule has 0 aliphatic carbocycles. The van der Waals surface area contributed by atoms with Gasteiger partial charge in [-0.2, -0.15) is 0 Å². The number of primary amides is 1. The topological polar surface area (TPSA) is 84.7 Å². The van der Waals surface area contributed by atoms with Crippen LogP contribution in [-0.2, 0) is 20.9 Å². The molecule has 1 aromatic carbocycles. The van der Waals surface area contributed by atoms with Gasteiger partial charge in [0, 0.05) is 25.8 Å². The molecule has 0 aliphatic heterocycles. The molecule has 21 heavy (non-hydrogen) atoms. The molecule has 116 valence electrons. The highest BCUT2D eigenvalue weighted by Gasteiger charge is 2.13. The summed E-state index contributed by atoms with van der Waals surface area (Å²) in [6.07, 6.45) is 0. The first-order valence-corrected chi connectivity index (χ1v) is 6.52. The lowest BCUT2D eigenvalue weighted by Crippen LogP contribution is -2.42. The Morgan fingerprint density at radius 1 is 1.33 bits per heavy atom. The van der Waals surface area contributed by atoms with E-state index in [-0.39, 0.29) is 31.4 Å². The molecule has 0 aliphatic rings. The van der Waals surface area contributed by atoms with Crippen molar-refractivity contribution in [3.63, 3.8) is 0 Å². The van der Waals surface area contributed by atoms with E-state index in [4.69, 9.17) is 10.5 Å². The minimum atomic E-state index is -0.520. The van der Waals surface area contributed by atoms with Gasteiger partial charge in [0.2, 0.25) is 11.8 Å². The molecular formula is C14H20FN3O3. The van der Waals surface area contributed by atoms with Crippen molar-refractivity contribution in [1.29, 1.82) is 0 Å². The molecule has 0 atom stereocenters. The minimum Gasteiger partial charge on any atom is -0.383 e. The van der Waals surface area contributed by atoms with Crippen LogP contribution in [0.5, 0.6) is 0 Å². The van der Waals surface area contributed by atoms with E-state index in [1.807, 2.05) is 0 Å². The van der Waals surface area contributed by atoms with Gasteiger partial charge in [-0.1, -0.05) is 18.2 Å². The quantitative estimate of drug-likeness (QED) is 0.665. The summed E-state index contributed by atoms with van der Waals surface area (Å²) in [5, 5.41) is 2.61. The number of nitrogens with one attached hydrogen (secondary N) is 1. The molecule has 1 aromatic rings. The molecule has 2 amide bonds. The van der Waals surface area contributed by atoms with Crippen LogP contribution in [0.4, 0.5) is 4.39 Å². The van der Waals surface area contributed by atoms with Crippen molar-refractivity contribution in [2.24, 2.45) is 5.73 Å². The van der Waals surface area contributed by atoms with E-state index < -0.39 is 5.91 Å². The Kier molecular flexibility index (Phi) is 7.34. The maximum atomic E-state index is 13.4. The average molecular weight is 297 g/mol. The van der Waals surface area contributed by atoms with Gasteiger partial charge in [0.1, 0.15) is 5.82 Å². The Bertz CT molecular complexity index is 482. The molecule has 0 fully saturated rings. The molecular weight excluding hydrogens is 277 g/mol.